The Kier molecular flexibility index (Phi) is 4.70. The van der Waals surface area contributed by atoms with E-state index in [4.69, 9.17) is 5.84 Å². The average Bonchev–Trinajstić information content (AvgIpc) is 2.48. The second kappa shape index (κ2) is 6.49. The molecule has 2 rings (SSSR count). The van der Waals surface area contributed by atoms with Gasteiger partial charge in [-0.25, -0.2) is 0 Å². The predicted molar refractivity (Wildman–Crippen MR) is 82.0 cm³/mol. The van der Waals surface area contributed by atoms with Crippen molar-refractivity contribution in [2.75, 3.05) is 12.5 Å². The smallest absolute Gasteiger partial charge is 0.256 e. The number of nitrogens with one attached hydrogen (secondary N) is 1. The summed E-state index contributed by atoms with van der Waals surface area (Å²) in [4.78, 5) is 18.0. The summed E-state index contributed by atoms with van der Waals surface area (Å²) >= 11 is 3.39. The number of nitrogen functional groups attached to an aromatic ring is 1. The Labute approximate surface area is 125 Å². The highest BCUT2D eigenvalue weighted by Crippen LogP contribution is 2.16. The molecule has 104 valence electrons. The van der Waals surface area contributed by atoms with E-state index in [1.54, 1.807) is 24.2 Å². The predicted octanol–water partition coefficient (Wildman–Crippen LogP) is 2.40. The van der Waals surface area contributed by atoms with Gasteiger partial charge in [0.15, 0.2) is 0 Å². The van der Waals surface area contributed by atoms with E-state index >= 15 is 0 Å². The van der Waals surface area contributed by atoms with Gasteiger partial charge in [0.25, 0.3) is 5.91 Å². The highest BCUT2D eigenvalue weighted by molar-refractivity contribution is 9.10. The van der Waals surface area contributed by atoms with Crippen LogP contribution in [0, 0.1) is 0 Å². The van der Waals surface area contributed by atoms with Crippen LogP contribution in [0.5, 0.6) is 0 Å². The van der Waals surface area contributed by atoms with E-state index < -0.39 is 0 Å². The molecular formula is C14H15BrN4O. The molecular weight excluding hydrogens is 320 g/mol. The Balaban J connectivity index is 2.14. The van der Waals surface area contributed by atoms with Crippen molar-refractivity contribution in [1.82, 2.24) is 9.88 Å². The van der Waals surface area contributed by atoms with Crippen LogP contribution in [0.3, 0.4) is 0 Å². The molecule has 0 aliphatic rings. The number of carbonyl (C=O) groups is 1. The lowest BCUT2D eigenvalue weighted by molar-refractivity contribution is 0.0786. The molecule has 0 fully saturated rings. The maximum absolute atomic E-state index is 12.4. The van der Waals surface area contributed by atoms with Gasteiger partial charge in [-0.05, 0) is 23.8 Å². The number of pyridine rings is 1. The molecule has 0 atom stereocenters. The fourth-order valence-corrected chi connectivity index (χ4v) is 2.10. The maximum Gasteiger partial charge on any atom is 0.256 e. The third-order valence-electron chi connectivity index (χ3n) is 2.89. The van der Waals surface area contributed by atoms with Gasteiger partial charge in [0.05, 0.1) is 17.4 Å². The molecule has 0 aliphatic heterocycles. The van der Waals surface area contributed by atoms with Crippen molar-refractivity contribution < 1.29 is 4.79 Å². The standard InChI is InChI=1S/C14H15BrN4O/c1-19(9-10-2-4-11(15)5-3-10)14(20)12-6-7-17-8-13(12)18-16/h2-8,18H,9,16H2,1H3. The molecule has 20 heavy (non-hydrogen) atoms. The fraction of sp³-hybridized carbons (Fsp3) is 0.143. The molecule has 0 saturated heterocycles. The van der Waals surface area contributed by atoms with Crippen molar-refractivity contribution in [3.8, 4) is 0 Å². The average molecular weight is 335 g/mol. The Morgan fingerprint density at radius 1 is 1.35 bits per heavy atom. The zero-order chi connectivity index (χ0) is 14.5. The lowest BCUT2D eigenvalue weighted by Gasteiger charge is -2.18. The number of benzene rings is 1. The van der Waals surface area contributed by atoms with Gasteiger partial charge in [-0.15, -0.1) is 0 Å². The highest BCUT2D eigenvalue weighted by Gasteiger charge is 2.15. The summed E-state index contributed by atoms with van der Waals surface area (Å²) in [6.45, 7) is 0.526. The number of nitrogens with zero attached hydrogens (tertiary/aromatic N) is 2. The zero-order valence-corrected chi connectivity index (χ0v) is 12.6. The minimum absolute atomic E-state index is 0.108. The van der Waals surface area contributed by atoms with E-state index in [0.29, 0.717) is 17.8 Å². The number of halogens is 1. The molecule has 0 bridgehead atoms. The number of amides is 1. The molecule has 1 aromatic carbocycles. The van der Waals surface area contributed by atoms with E-state index in [-0.39, 0.29) is 5.91 Å². The molecule has 0 saturated carbocycles. The van der Waals surface area contributed by atoms with Gasteiger partial charge >= 0.3 is 0 Å². The Morgan fingerprint density at radius 2 is 2.05 bits per heavy atom. The van der Waals surface area contributed by atoms with Crippen LogP contribution in [0.25, 0.3) is 0 Å². The molecule has 3 N–H and O–H groups in total. The molecule has 1 aromatic heterocycles. The molecule has 0 unspecified atom stereocenters. The number of anilines is 1. The molecule has 0 spiro atoms. The van der Waals surface area contributed by atoms with E-state index in [1.165, 1.54) is 6.20 Å². The first-order valence-electron chi connectivity index (χ1n) is 6.02. The number of rotatable bonds is 4. The van der Waals surface area contributed by atoms with Crippen LogP contribution in [0.15, 0.2) is 47.2 Å². The lowest BCUT2D eigenvalue weighted by Crippen LogP contribution is -2.27. The van der Waals surface area contributed by atoms with Gasteiger partial charge in [-0.1, -0.05) is 28.1 Å². The van der Waals surface area contributed by atoms with Gasteiger partial charge in [-0.3, -0.25) is 15.6 Å². The van der Waals surface area contributed by atoms with Crippen molar-refractivity contribution in [3.05, 3.63) is 58.3 Å². The van der Waals surface area contributed by atoms with E-state index in [1.807, 2.05) is 24.3 Å². The first kappa shape index (κ1) is 14.5. The summed E-state index contributed by atoms with van der Waals surface area (Å²) < 4.78 is 1.01. The second-order valence-electron chi connectivity index (χ2n) is 4.35. The van der Waals surface area contributed by atoms with E-state index in [2.05, 4.69) is 26.3 Å². The highest BCUT2D eigenvalue weighted by atomic mass is 79.9. The third kappa shape index (κ3) is 3.34. The molecule has 6 heteroatoms. The zero-order valence-electron chi connectivity index (χ0n) is 11.0. The van der Waals surface area contributed by atoms with Crippen LogP contribution in [0.2, 0.25) is 0 Å². The van der Waals surface area contributed by atoms with Crippen molar-refractivity contribution >= 4 is 27.5 Å². The number of carbonyl (C=O) groups excluding carboxylic acids is 1. The van der Waals surface area contributed by atoms with Crippen molar-refractivity contribution in [1.29, 1.82) is 0 Å². The summed E-state index contributed by atoms with van der Waals surface area (Å²) in [6.07, 6.45) is 3.10. The monoisotopic (exact) mass is 334 g/mol. The summed E-state index contributed by atoms with van der Waals surface area (Å²) in [5, 5.41) is 0. The SMILES string of the molecule is CN(Cc1ccc(Br)cc1)C(=O)c1ccncc1NN. The summed E-state index contributed by atoms with van der Waals surface area (Å²) in [5.41, 5.74) is 4.56. The maximum atomic E-state index is 12.4. The number of hydrazine groups is 1. The topological polar surface area (TPSA) is 71.2 Å². The number of hydrogen-bond donors (Lipinski definition) is 2. The van der Waals surface area contributed by atoms with Crippen LogP contribution in [-0.4, -0.2) is 22.8 Å². The van der Waals surface area contributed by atoms with E-state index in [9.17, 15) is 4.79 Å². The van der Waals surface area contributed by atoms with Crippen LogP contribution in [-0.2, 0) is 6.54 Å². The van der Waals surface area contributed by atoms with Gasteiger partial charge in [0, 0.05) is 24.3 Å². The van der Waals surface area contributed by atoms with Crippen molar-refractivity contribution in [3.63, 3.8) is 0 Å². The first-order valence-corrected chi connectivity index (χ1v) is 6.81. The van der Waals surface area contributed by atoms with Gasteiger partial charge in [0.2, 0.25) is 0 Å². The summed E-state index contributed by atoms with van der Waals surface area (Å²) in [7, 11) is 1.76. The van der Waals surface area contributed by atoms with Gasteiger partial charge < -0.3 is 10.3 Å². The number of hydrogen-bond acceptors (Lipinski definition) is 4. The minimum atomic E-state index is -0.108. The normalized spacial score (nSPS) is 10.2. The minimum Gasteiger partial charge on any atom is -0.337 e. The van der Waals surface area contributed by atoms with Gasteiger partial charge in [0.1, 0.15) is 0 Å². The van der Waals surface area contributed by atoms with Crippen LogP contribution < -0.4 is 11.3 Å². The molecule has 2 aromatic rings. The summed E-state index contributed by atoms with van der Waals surface area (Å²) in [6, 6.07) is 9.50. The van der Waals surface area contributed by atoms with Crippen LogP contribution >= 0.6 is 15.9 Å². The Morgan fingerprint density at radius 3 is 2.70 bits per heavy atom. The molecule has 1 heterocycles. The number of aromatic nitrogens is 1. The Hall–Kier alpha value is -1.92. The molecule has 5 nitrogen and oxygen atoms in total. The van der Waals surface area contributed by atoms with Crippen LogP contribution in [0.4, 0.5) is 5.69 Å². The first-order chi connectivity index (χ1) is 9.61. The lowest BCUT2D eigenvalue weighted by atomic mass is 10.1. The quantitative estimate of drug-likeness (QED) is 0.665. The summed E-state index contributed by atoms with van der Waals surface area (Å²) in [5.74, 6) is 5.28. The second-order valence-corrected chi connectivity index (χ2v) is 5.27. The van der Waals surface area contributed by atoms with E-state index in [0.717, 1.165) is 10.0 Å². The molecule has 0 aliphatic carbocycles. The fourth-order valence-electron chi connectivity index (χ4n) is 1.84. The molecule has 0 radical (unpaired) electrons. The van der Waals surface area contributed by atoms with Crippen molar-refractivity contribution in [2.45, 2.75) is 6.54 Å². The van der Waals surface area contributed by atoms with Crippen molar-refractivity contribution in [2.24, 2.45) is 5.84 Å². The largest absolute Gasteiger partial charge is 0.337 e. The third-order valence-corrected chi connectivity index (χ3v) is 3.42. The van der Waals surface area contributed by atoms with Crippen LogP contribution in [0.1, 0.15) is 15.9 Å². The Bertz CT molecular complexity index is 600. The molecule has 1 amide bonds. The number of nitrogens with two attached hydrogens (primary N) is 1. The van der Waals surface area contributed by atoms with Gasteiger partial charge in [-0.2, -0.15) is 0 Å².